The Hall–Kier alpha value is -1.07. The summed E-state index contributed by atoms with van der Waals surface area (Å²) in [5.41, 5.74) is 0.953. The number of benzene rings is 1. The van der Waals surface area contributed by atoms with Crippen LogP contribution in [0.2, 0.25) is 0 Å². The monoisotopic (exact) mass is 414 g/mol. The molecule has 28 heavy (non-hydrogen) atoms. The van der Waals surface area contributed by atoms with E-state index in [4.69, 9.17) is 27.9 Å². The average Bonchev–Trinajstić information content (AvgIpc) is 3.18. The first-order chi connectivity index (χ1) is 13.0. The van der Waals surface area contributed by atoms with Crippen LogP contribution < -0.4 is 0 Å². The molecule has 0 saturated carbocycles. The van der Waals surface area contributed by atoms with Gasteiger partial charge in [0.1, 0.15) is 24.4 Å². The van der Waals surface area contributed by atoms with Crippen molar-refractivity contribution in [2.24, 2.45) is 0 Å². The highest BCUT2D eigenvalue weighted by Gasteiger charge is 2.60. The van der Waals surface area contributed by atoms with E-state index < -0.39 is 52.4 Å². The van der Waals surface area contributed by atoms with Crippen molar-refractivity contribution in [1.82, 2.24) is 0 Å². The molecule has 5 atom stereocenters. The molecular weight excluding hydrogens is 388 g/mol. The minimum atomic E-state index is -4.04. The average molecular weight is 414 g/mol. The smallest absolute Gasteiger partial charge is 0.297 e. The molecular formula is C19H26O8S. The molecule has 3 heterocycles. The fourth-order valence-electron chi connectivity index (χ4n) is 3.70. The predicted octanol–water partition coefficient (Wildman–Crippen LogP) is 2.10. The molecule has 0 spiro atoms. The van der Waals surface area contributed by atoms with Gasteiger partial charge >= 0.3 is 0 Å². The first-order valence-corrected chi connectivity index (χ1v) is 10.7. The summed E-state index contributed by atoms with van der Waals surface area (Å²) in [5, 5.41) is 0. The van der Waals surface area contributed by atoms with Crippen molar-refractivity contribution < 1.29 is 36.3 Å². The van der Waals surface area contributed by atoms with Gasteiger partial charge < -0.3 is 23.7 Å². The van der Waals surface area contributed by atoms with Crippen molar-refractivity contribution in [2.45, 2.75) is 81.8 Å². The molecule has 0 bridgehead atoms. The Morgan fingerprint density at radius 2 is 1.64 bits per heavy atom. The van der Waals surface area contributed by atoms with Crippen LogP contribution in [0, 0.1) is 6.92 Å². The molecule has 0 aromatic heterocycles. The highest BCUT2D eigenvalue weighted by atomic mass is 32.2. The largest absolute Gasteiger partial charge is 0.348 e. The maximum Gasteiger partial charge on any atom is 0.297 e. The van der Waals surface area contributed by atoms with Gasteiger partial charge in [-0.05, 0) is 46.8 Å². The van der Waals surface area contributed by atoms with Gasteiger partial charge in [-0.25, -0.2) is 0 Å². The van der Waals surface area contributed by atoms with Gasteiger partial charge in [0.25, 0.3) is 10.1 Å². The molecule has 3 aliphatic rings. The van der Waals surface area contributed by atoms with Crippen LogP contribution in [0.15, 0.2) is 29.2 Å². The fourth-order valence-corrected chi connectivity index (χ4v) is 4.79. The Morgan fingerprint density at radius 1 is 0.964 bits per heavy atom. The molecule has 3 fully saturated rings. The zero-order chi connectivity index (χ0) is 20.3. The second kappa shape index (κ2) is 6.73. The second-order valence-corrected chi connectivity index (χ2v) is 9.84. The quantitative estimate of drug-likeness (QED) is 0.692. The molecule has 4 rings (SSSR count). The summed E-state index contributed by atoms with van der Waals surface area (Å²) in [7, 11) is -4.04. The first kappa shape index (κ1) is 20.2. The van der Waals surface area contributed by atoms with Gasteiger partial charge in [-0.3, -0.25) is 4.18 Å². The SMILES string of the molecule is Cc1ccc(S(=O)(=O)OC2[C@H](C3COC(C)(C)O3)O[C@@H]3OC(C)(C)O[C@@H]23)cc1. The molecule has 3 saturated heterocycles. The van der Waals surface area contributed by atoms with Crippen LogP contribution in [0.4, 0.5) is 0 Å². The molecule has 0 N–H and O–H groups in total. The van der Waals surface area contributed by atoms with Crippen molar-refractivity contribution in [3.8, 4) is 0 Å². The third kappa shape index (κ3) is 3.85. The van der Waals surface area contributed by atoms with Crippen LogP contribution in [-0.2, 0) is 38.0 Å². The Labute approximate surface area is 165 Å². The molecule has 8 nitrogen and oxygen atoms in total. The maximum atomic E-state index is 12.9. The highest BCUT2D eigenvalue weighted by Crippen LogP contribution is 2.42. The van der Waals surface area contributed by atoms with E-state index in [1.165, 1.54) is 12.1 Å². The first-order valence-electron chi connectivity index (χ1n) is 9.29. The number of fused-ring (bicyclic) bond motifs is 1. The zero-order valence-electron chi connectivity index (χ0n) is 16.6. The molecule has 2 unspecified atom stereocenters. The van der Waals surface area contributed by atoms with Gasteiger partial charge in [0, 0.05) is 0 Å². The third-order valence-electron chi connectivity index (χ3n) is 4.97. The lowest BCUT2D eigenvalue weighted by molar-refractivity contribution is -0.230. The van der Waals surface area contributed by atoms with E-state index in [9.17, 15) is 8.42 Å². The maximum absolute atomic E-state index is 12.9. The Kier molecular flexibility index (Phi) is 4.86. The molecule has 3 aliphatic heterocycles. The van der Waals surface area contributed by atoms with Crippen LogP contribution in [0.3, 0.4) is 0 Å². The summed E-state index contributed by atoms with van der Waals surface area (Å²) in [4.78, 5) is 0.0717. The van der Waals surface area contributed by atoms with Gasteiger partial charge in [-0.2, -0.15) is 8.42 Å². The number of ether oxygens (including phenoxy) is 5. The third-order valence-corrected chi connectivity index (χ3v) is 6.30. The second-order valence-electron chi connectivity index (χ2n) is 8.26. The molecule has 1 aromatic carbocycles. The lowest BCUT2D eigenvalue weighted by Crippen LogP contribution is -2.45. The van der Waals surface area contributed by atoms with E-state index in [0.717, 1.165) is 5.56 Å². The predicted molar refractivity (Wildman–Crippen MR) is 96.8 cm³/mol. The summed E-state index contributed by atoms with van der Waals surface area (Å²) in [5.74, 6) is -1.69. The fraction of sp³-hybridized carbons (Fsp3) is 0.684. The molecule has 0 amide bonds. The van der Waals surface area contributed by atoms with E-state index in [1.54, 1.807) is 39.8 Å². The van der Waals surface area contributed by atoms with Crippen molar-refractivity contribution >= 4 is 10.1 Å². The van der Waals surface area contributed by atoms with Gasteiger partial charge in [-0.1, -0.05) is 17.7 Å². The Balaban J connectivity index is 1.61. The summed E-state index contributed by atoms with van der Waals surface area (Å²) in [6.45, 7) is 9.20. The molecule has 0 aliphatic carbocycles. The van der Waals surface area contributed by atoms with Crippen molar-refractivity contribution in [3.63, 3.8) is 0 Å². The topological polar surface area (TPSA) is 89.5 Å². The normalized spacial score (nSPS) is 36.5. The van der Waals surface area contributed by atoms with Crippen molar-refractivity contribution in [1.29, 1.82) is 0 Å². The number of hydrogen-bond donors (Lipinski definition) is 0. The van der Waals surface area contributed by atoms with E-state index in [2.05, 4.69) is 0 Å². The van der Waals surface area contributed by atoms with E-state index in [-0.39, 0.29) is 11.5 Å². The lowest BCUT2D eigenvalue weighted by atomic mass is 10.1. The van der Waals surface area contributed by atoms with Gasteiger partial charge in [-0.15, -0.1) is 0 Å². The van der Waals surface area contributed by atoms with Gasteiger partial charge in [0.15, 0.2) is 17.9 Å². The molecule has 1 aromatic rings. The number of hydrogen-bond acceptors (Lipinski definition) is 8. The minimum absolute atomic E-state index is 0.0717. The van der Waals surface area contributed by atoms with E-state index in [0.29, 0.717) is 0 Å². The molecule has 9 heteroatoms. The standard InChI is InChI=1S/C19H26O8S/c1-11-6-8-12(9-7-11)28(20,21)27-15-14(13-10-22-18(2,3)24-13)23-17-16(15)25-19(4,5)26-17/h6-9,13-17H,10H2,1-5H3/t13?,14-,15?,16-,17+/m0/s1. The van der Waals surface area contributed by atoms with Crippen LogP contribution in [-0.4, -0.2) is 57.3 Å². The summed E-state index contributed by atoms with van der Waals surface area (Å²) in [6.07, 6.45) is -3.60. The van der Waals surface area contributed by atoms with Gasteiger partial charge in [0.05, 0.1) is 11.5 Å². The van der Waals surface area contributed by atoms with Crippen LogP contribution in [0.25, 0.3) is 0 Å². The van der Waals surface area contributed by atoms with E-state index in [1.807, 2.05) is 6.92 Å². The molecule has 0 radical (unpaired) electrons. The summed E-state index contributed by atoms with van der Waals surface area (Å²) < 4.78 is 60.5. The minimum Gasteiger partial charge on any atom is -0.348 e. The zero-order valence-corrected chi connectivity index (χ0v) is 17.4. The molecule has 156 valence electrons. The van der Waals surface area contributed by atoms with Crippen molar-refractivity contribution in [2.75, 3.05) is 6.61 Å². The number of rotatable bonds is 4. The number of aryl methyl sites for hydroxylation is 1. The van der Waals surface area contributed by atoms with Crippen LogP contribution in [0.5, 0.6) is 0 Å². The van der Waals surface area contributed by atoms with Crippen molar-refractivity contribution in [3.05, 3.63) is 29.8 Å². The summed E-state index contributed by atoms with van der Waals surface area (Å²) in [6, 6.07) is 6.47. The summed E-state index contributed by atoms with van der Waals surface area (Å²) >= 11 is 0. The van der Waals surface area contributed by atoms with Crippen LogP contribution in [0.1, 0.15) is 33.3 Å². The Morgan fingerprint density at radius 3 is 2.25 bits per heavy atom. The Bertz CT molecular complexity index is 832. The van der Waals surface area contributed by atoms with E-state index >= 15 is 0 Å². The van der Waals surface area contributed by atoms with Crippen LogP contribution >= 0.6 is 0 Å². The lowest BCUT2D eigenvalue weighted by Gasteiger charge is -2.28. The highest BCUT2D eigenvalue weighted by molar-refractivity contribution is 7.86. The van der Waals surface area contributed by atoms with Gasteiger partial charge in [0.2, 0.25) is 0 Å².